The number of nitriles is 1. The third-order valence-corrected chi connectivity index (χ3v) is 4.88. The van der Waals surface area contributed by atoms with E-state index in [-0.39, 0.29) is 11.5 Å². The second-order valence-corrected chi connectivity index (χ2v) is 5.99. The molecule has 0 aromatic carbocycles. The standard InChI is InChI=1S/C14H22N2O/c15-10-12-3-1-7-16(11-12)13-4-8-17-14(9-13)5-2-6-14/h12-13H,1-9,11H2. The molecule has 0 aromatic rings. The average molecular weight is 234 g/mol. The van der Waals surface area contributed by atoms with Crippen molar-refractivity contribution in [3.63, 3.8) is 0 Å². The molecular formula is C14H22N2O. The zero-order chi connectivity index (χ0) is 11.7. The monoisotopic (exact) mass is 234 g/mol. The lowest BCUT2D eigenvalue weighted by Crippen LogP contribution is -2.53. The molecule has 94 valence electrons. The molecule has 2 atom stereocenters. The van der Waals surface area contributed by atoms with E-state index in [1.807, 2.05) is 0 Å². The van der Waals surface area contributed by atoms with Gasteiger partial charge in [0, 0.05) is 19.2 Å². The first-order valence-corrected chi connectivity index (χ1v) is 7.09. The molecule has 3 rings (SSSR count). The molecule has 0 N–H and O–H groups in total. The lowest BCUT2D eigenvalue weighted by atomic mass is 9.73. The Bertz CT molecular complexity index is 319. The van der Waals surface area contributed by atoms with Crippen molar-refractivity contribution in [1.29, 1.82) is 5.26 Å². The molecule has 1 spiro atoms. The van der Waals surface area contributed by atoms with Gasteiger partial charge in [-0.25, -0.2) is 0 Å². The zero-order valence-electron chi connectivity index (χ0n) is 10.5. The van der Waals surface area contributed by atoms with Crippen LogP contribution in [0.25, 0.3) is 0 Å². The highest BCUT2D eigenvalue weighted by Gasteiger charge is 2.44. The molecule has 0 amide bonds. The first-order chi connectivity index (χ1) is 8.31. The quantitative estimate of drug-likeness (QED) is 0.698. The van der Waals surface area contributed by atoms with Crippen LogP contribution in [0.4, 0.5) is 0 Å². The second kappa shape index (κ2) is 4.59. The minimum atomic E-state index is 0.239. The molecule has 0 bridgehead atoms. The average Bonchev–Trinajstić information content (AvgIpc) is 2.37. The number of nitrogens with zero attached hydrogens (tertiary/aromatic N) is 2. The van der Waals surface area contributed by atoms with Gasteiger partial charge in [0.05, 0.1) is 17.6 Å². The van der Waals surface area contributed by atoms with Crippen LogP contribution in [0.2, 0.25) is 0 Å². The predicted molar refractivity (Wildman–Crippen MR) is 65.5 cm³/mol. The van der Waals surface area contributed by atoms with Gasteiger partial charge in [-0.05, 0) is 51.5 Å². The van der Waals surface area contributed by atoms with Gasteiger partial charge in [-0.3, -0.25) is 4.90 Å². The summed E-state index contributed by atoms with van der Waals surface area (Å²) in [5, 5.41) is 9.07. The van der Waals surface area contributed by atoms with E-state index in [9.17, 15) is 0 Å². The fraction of sp³-hybridized carbons (Fsp3) is 0.929. The smallest absolute Gasteiger partial charge is 0.0697 e. The Morgan fingerprint density at radius 1 is 1.24 bits per heavy atom. The minimum absolute atomic E-state index is 0.239. The van der Waals surface area contributed by atoms with Crippen molar-refractivity contribution in [2.75, 3.05) is 19.7 Å². The van der Waals surface area contributed by atoms with E-state index in [0.717, 1.165) is 19.6 Å². The fourth-order valence-corrected chi connectivity index (χ4v) is 3.68. The van der Waals surface area contributed by atoms with E-state index in [1.165, 1.54) is 45.1 Å². The van der Waals surface area contributed by atoms with Crippen molar-refractivity contribution in [3.05, 3.63) is 0 Å². The molecule has 3 heteroatoms. The van der Waals surface area contributed by atoms with Gasteiger partial charge < -0.3 is 4.74 Å². The van der Waals surface area contributed by atoms with Gasteiger partial charge in [-0.1, -0.05) is 0 Å². The Hall–Kier alpha value is -0.590. The summed E-state index contributed by atoms with van der Waals surface area (Å²) in [6, 6.07) is 3.13. The molecule has 3 nitrogen and oxygen atoms in total. The van der Waals surface area contributed by atoms with E-state index < -0.39 is 0 Å². The van der Waals surface area contributed by atoms with E-state index in [4.69, 9.17) is 10.00 Å². The van der Waals surface area contributed by atoms with Crippen molar-refractivity contribution in [2.24, 2.45) is 5.92 Å². The maximum Gasteiger partial charge on any atom is 0.0697 e. The van der Waals surface area contributed by atoms with Crippen LogP contribution in [0.5, 0.6) is 0 Å². The van der Waals surface area contributed by atoms with Gasteiger partial charge in [0.15, 0.2) is 0 Å². The van der Waals surface area contributed by atoms with Crippen molar-refractivity contribution in [2.45, 2.75) is 56.6 Å². The number of ether oxygens (including phenoxy) is 1. The molecule has 1 aliphatic carbocycles. The Morgan fingerprint density at radius 3 is 2.82 bits per heavy atom. The molecule has 0 aromatic heterocycles. The number of piperidine rings is 1. The number of rotatable bonds is 1. The Labute approximate surface area is 104 Å². The molecule has 2 aliphatic heterocycles. The van der Waals surface area contributed by atoms with Gasteiger partial charge in [0.2, 0.25) is 0 Å². The van der Waals surface area contributed by atoms with E-state index in [2.05, 4.69) is 11.0 Å². The van der Waals surface area contributed by atoms with Crippen LogP contribution in [0.1, 0.15) is 44.9 Å². The third-order valence-electron chi connectivity index (χ3n) is 4.88. The SMILES string of the molecule is N#CC1CCCN(C2CCOC3(CCC3)C2)C1. The van der Waals surface area contributed by atoms with E-state index in [1.54, 1.807) is 0 Å². The Morgan fingerprint density at radius 2 is 2.12 bits per heavy atom. The third kappa shape index (κ3) is 2.21. The maximum atomic E-state index is 9.07. The Balaban J connectivity index is 1.61. The van der Waals surface area contributed by atoms with Gasteiger partial charge in [-0.2, -0.15) is 5.26 Å². The lowest BCUT2D eigenvalue weighted by molar-refractivity contribution is -0.150. The van der Waals surface area contributed by atoms with Crippen molar-refractivity contribution >= 4 is 0 Å². The second-order valence-electron chi connectivity index (χ2n) is 5.99. The molecule has 2 unspecified atom stereocenters. The molecule has 3 aliphatic rings. The molecule has 0 radical (unpaired) electrons. The predicted octanol–water partition coefficient (Wildman–Crippen LogP) is 2.32. The fourth-order valence-electron chi connectivity index (χ4n) is 3.68. The topological polar surface area (TPSA) is 36.3 Å². The van der Waals surface area contributed by atoms with Gasteiger partial charge in [0.25, 0.3) is 0 Å². The van der Waals surface area contributed by atoms with Crippen LogP contribution in [0, 0.1) is 17.2 Å². The lowest BCUT2D eigenvalue weighted by Gasteiger charge is -2.50. The van der Waals surface area contributed by atoms with Crippen LogP contribution in [-0.2, 0) is 4.74 Å². The van der Waals surface area contributed by atoms with Gasteiger partial charge >= 0.3 is 0 Å². The molecular weight excluding hydrogens is 212 g/mol. The van der Waals surface area contributed by atoms with Crippen LogP contribution >= 0.6 is 0 Å². The normalized spacial score (nSPS) is 37.4. The summed E-state index contributed by atoms with van der Waals surface area (Å²) in [6.45, 7) is 3.12. The summed E-state index contributed by atoms with van der Waals surface area (Å²) in [5.74, 6) is 0.268. The largest absolute Gasteiger partial charge is 0.375 e. The van der Waals surface area contributed by atoms with Crippen LogP contribution in [0.15, 0.2) is 0 Å². The van der Waals surface area contributed by atoms with E-state index >= 15 is 0 Å². The molecule has 17 heavy (non-hydrogen) atoms. The summed E-state index contributed by atoms with van der Waals surface area (Å²) in [4.78, 5) is 2.57. The Kier molecular flexibility index (Phi) is 3.10. The summed E-state index contributed by atoms with van der Waals surface area (Å²) >= 11 is 0. The molecule has 3 fully saturated rings. The number of likely N-dealkylation sites (tertiary alicyclic amines) is 1. The van der Waals surface area contributed by atoms with Gasteiger partial charge in [0.1, 0.15) is 0 Å². The summed E-state index contributed by atoms with van der Waals surface area (Å²) in [5.41, 5.74) is 0.239. The zero-order valence-corrected chi connectivity index (χ0v) is 10.5. The van der Waals surface area contributed by atoms with Crippen LogP contribution in [0.3, 0.4) is 0 Å². The molecule has 2 saturated heterocycles. The molecule has 2 heterocycles. The van der Waals surface area contributed by atoms with Crippen molar-refractivity contribution in [1.82, 2.24) is 4.90 Å². The first-order valence-electron chi connectivity index (χ1n) is 7.09. The highest BCUT2D eigenvalue weighted by Crippen LogP contribution is 2.43. The van der Waals surface area contributed by atoms with Crippen molar-refractivity contribution in [3.8, 4) is 6.07 Å². The first kappa shape index (κ1) is 11.5. The number of hydrogen-bond acceptors (Lipinski definition) is 3. The number of hydrogen-bond donors (Lipinski definition) is 0. The summed E-state index contributed by atoms with van der Waals surface area (Å²) in [7, 11) is 0. The van der Waals surface area contributed by atoms with Crippen LogP contribution < -0.4 is 0 Å². The summed E-state index contributed by atoms with van der Waals surface area (Å²) < 4.78 is 5.98. The highest BCUT2D eigenvalue weighted by atomic mass is 16.5. The molecule has 1 saturated carbocycles. The minimum Gasteiger partial charge on any atom is -0.375 e. The van der Waals surface area contributed by atoms with E-state index in [0.29, 0.717) is 6.04 Å². The highest BCUT2D eigenvalue weighted by molar-refractivity contribution is 4.98. The van der Waals surface area contributed by atoms with Crippen LogP contribution in [-0.4, -0.2) is 36.2 Å². The summed E-state index contributed by atoms with van der Waals surface area (Å²) in [6.07, 6.45) is 8.54. The maximum absolute atomic E-state index is 9.07. The van der Waals surface area contributed by atoms with Crippen molar-refractivity contribution < 1.29 is 4.74 Å². The van der Waals surface area contributed by atoms with Gasteiger partial charge in [-0.15, -0.1) is 0 Å².